The number of fused-ring (bicyclic) bond motifs is 4. The number of nitriles is 1. The lowest BCUT2D eigenvalue weighted by Crippen LogP contribution is -2.55. The van der Waals surface area contributed by atoms with Crippen molar-refractivity contribution in [2.45, 2.75) is 51.6 Å². The van der Waals surface area contributed by atoms with Crippen molar-refractivity contribution in [3.05, 3.63) is 51.8 Å². The van der Waals surface area contributed by atoms with E-state index < -0.39 is 64.8 Å². The quantitative estimate of drug-likeness (QED) is 0.392. The second-order valence-electron chi connectivity index (χ2n) is 8.59. The Morgan fingerprint density at radius 3 is 2.17 bits per heavy atom. The molecule has 0 aliphatic heterocycles. The number of nitrogens with zero attached hydrogens (tertiary/aromatic N) is 2. The molecule has 2 aromatic rings. The first-order valence-corrected chi connectivity index (χ1v) is 10.7. The van der Waals surface area contributed by atoms with Crippen LogP contribution in [-0.4, -0.2) is 56.0 Å². The van der Waals surface area contributed by atoms with Gasteiger partial charge < -0.3 is 24.4 Å². The number of hydrogen-bond acceptors (Lipinski definition) is 11. The summed E-state index contributed by atoms with van der Waals surface area (Å²) in [7, 11) is 0. The van der Waals surface area contributed by atoms with E-state index >= 15 is 0 Å². The lowest BCUT2D eigenvalue weighted by atomic mass is 9.75. The van der Waals surface area contributed by atoms with Gasteiger partial charge in [0.15, 0.2) is 30.3 Å². The van der Waals surface area contributed by atoms with E-state index in [4.69, 9.17) is 14.2 Å². The second kappa shape index (κ2) is 8.31. The molecule has 2 aliphatic rings. The highest BCUT2D eigenvalue weighted by molar-refractivity contribution is 6.29. The van der Waals surface area contributed by atoms with Crippen LogP contribution in [0.2, 0.25) is 0 Å². The van der Waals surface area contributed by atoms with Gasteiger partial charge in [-0.2, -0.15) is 5.26 Å². The highest BCUT2D eigenvalue weighted by Gasteiger charge is 2.60. The van der Waals surface area contributed by atoms with Crippen LogP contribution in [0.5, 0.6) is 5.75 Å². The van der Waals surface area contributed by atoms with Gasteiger partial charge in [0, 0.05) is 31.9 Å². The number of esters is 3. The summed E-state index contributed by atoms with van der Waals surface area (Å²) in [5.74, 6) is -4.90. The highest BCUT2D eigenvalue weighted by Crippen LogP contribution is 2.52. The summed E-state index contributed by atoms with van der Waals surface area (Å²) in [5, 5.41) is 31.8. The van der Waals surface area contributed by atoms with Crippen LogP contribution in [0.4, 0.5) is 0 Å². The van der Waals surface area contributed by atoms with Crippen molar-refractivity contribution in [1.82, 2.24) is 4.57 Å². The Bertz CT molecular complexity index is 1410. The third-order valence-electron chi connectivity index (χ3n) is 6.09. The van der Waals surface area contributed by atoms with Crippen molar-refractivity contribution in [3.63, 3.8) is 0 Å². The Balaban J connectivity index is 2.15. The highest BCUT2D eigenvalue weighted by atomic mass is 16.6. The smallest absolute Gasteiger partial charge is 0.303 e. The van der Waals surface area contributed by atoms with Crippen molar-refractivity contribution in [2.24, 2.45) is 0 Å². The van der Waals surface area contributed by atoms with Crippen molar-refractivity contribution < 1.29 is 48.4 Å². The Hall–Kier alpha value is -4.50. The fraction of sp³-hybridized carbons (Fsp3) is 0.333. The molecular weight excluding hydrogens is 476 g/mol. The zero-order valence-corrected chi connectivity index (χ0v) is 19.5. The van der Waals surface area contributed by atoms with Gasteiger partial charge in [-0.1, -0.05) is 12.1 Å². The zero-order valence-electron chi connectivity index (χ0n) is 19.5. The van der Waals surface area contributed by atoms with Gasteiger partial charge in [0.05, 0.1) is 16.8 Å². The summed E-state index contributed by atoms with van der Waals surface area (Å²) in [6, 6.07) is 3.83. The molecule has 12 nitrogen and oxygen atoms in total. The molecule has 0 saturated heterocycles. The molecule has 12 heteroatoms. The lowest BCUT2D eigenvalue weighted by molar-refractivity contribution is -0.221. The van der Waals surface area contributed by atoms with E-state index in [0.717, 1.165) is 27.7 Å². The van der Waals surface area contributed by atoms with Gasteiger partial charge in [0.25, 0.3) is 0 Å². The van der Waals surface area contributed by atoms with Crippen molar-refractivity contribution in [1.29, 1.82) is 5.26 Å². The monoisotopic (exact) mass is 496 g/mol. The molecule has 0 amide bonds. The molecule has 1 heterocycles. The molecular formula is C24H20N2O10. The second-order valence-corrected chi connectivity index (χ2v) is 8.59. The molecule has 1 aromatic heterocycles. The van der Waals surface area contributed by atoms with E-state index in [9.17, 15) is 39.4 Å². The van der Waals surface area contributed by atoms with Gasteiger partial charge in [-0.25, -0.2) is 4.57 Å². The van der Waals surface area contributed by atoms with Crippen LogP contribution in [0, 0.1) is 11.5 Å². The number of ketones is 2. The third kappa shape index (κ3) is 3.44. The summed E-state index contributed by atoms with van der Waals surface area (Å²) in [6.45, 7) is 4.22. The minimum atomic E-state index is -2.29. The molecule has 4 atom stereocenters. The maximum Gasteiger partial charge on any atom is 0.303 e. The summed E-state index contributed by atoms with van der Waals surface area (Å²) in [4.78, 5) is 63.2. The molecule has 36 heavy (non-hydrogen) atoms. The summed E-state index contributed by atoms with van der Waals surface area (Å²) in [6.07, 6.45) is -3.36. The van der Waals surface area contributed by atoms with Crippen molar-refractivity contribution in [3.8, 4) is 11.9 Å². The number of hydrogen-bond donors (Lipinski definition) is 2. The van der Waals surface area contributed by atoms with Crippen LogP contribution in [0.15, 0.2) is 18.2 Å². The van der Waals surface area contributed by atoms with Gasteiger partial charge in [-0.3, -0.25) is 24.0 Å². The Morgan fingerprint density at radius 2 is 1.61 bits per heavy atom. The maximum atomic E-state index is 13.7. The van der Waals surface area contributed by atoms with E-state index in [2.05, 4.69) is 0 Å². The number of aromatic hydroxyl groups is 1. The van der Waals surface area contributed by atoms with E-state index in [1.807, 2.05) is 0 Å². The molecule has 2 N–H and O–H groups in total. The van der Waals surface area contributed by atoms with Crippen molar-refractivity contribution >= 4 is 29.5 Å². The summed E-state index contributed by atoms with van der Waals surface area (Å²) in [5.41, 5.74) is -4.23. The molecule has 0 bridgehead atoms. The Morgan fingerprint density at radius 1 is 1.00 bits per heavy atom. The Kier molecular flexibility index (Phi) is 5.69. The van der Waals surface area contributed by atoms with Crippen LogP contribution in [0.3, 0.4) is 0 Å². The van der Waals surface area contributed by atoms with Crippen LogP contribution >= 0.6 is 0 Å². The molecule has 0 spiro atoms. The van der Waals surface area contributed by atoms with Gasteiger partial charge in [-0.05, 0) is 13.0 Å². The summed E-state index contributed by atoms with van der Waals surface area (Å²) >= 11 is 0. The van der Waals surface area contributed by atoms with Crippen LogP contribution in [0.1, 0.15) is 83.1 Å². The first-order valence-electron chi connectivity index (χ1n) is 10.7. The number of carbonyl (C=O) groups is 5. The number of phenols is 1. The van der Waals surface area contributed by atoms with Crippen molar-refractivity contribution in [2.75, 3.05) is 0 Å². The SMILES string of the molecule is CC(=O)O[C@@H]1c2c(c3c(n2C#N)C(=O)c2c(O)cccc2C3=O)[C@H](OC(C)=O)[C@@H](OC(C)=O)[C@]1(C)O. The molecule has 0 unspecified atom stereocenters. The van der Waals surface area contributed by atoms with E-state index in [0.29, 0.717) is 4.57 Å². The average molecular weight is 496 g/mol. The van der Waals surface area contributed by atoms with Gasteiger partial charge in [0.2, 0.25) is 5.78 Å². The van der Waals surface area contributed by atoms with Gasteiger partial charge >= 0.3 is 17.9 Å². The maximum absolute atomic E-state index is 13.7. The first kappa shape index (κ1) is 24.6. The van der Waals surface area contributed by atoms with Gasteiger partial charge in [-0.15, -0.1) is 0 Å². The van der Waals surface area contributed by atoms with Crippen LogP contribution < -0.4 is 0 Å². The minimum absolute atomic E-state index is 0.183. The van der Waals surface area contributed by atoms with E-state index in [-0.39, 0.29) is 27.9 Å². The van der Waals surface area contributed by atoms with Gasteiger partial charge in [0.1, 0.15) is 17.0 Å². The van der Waals surface area contributed by atoms with Crippen LogP contribution in [0.25, 0.3) is 0 Å². The van der Waals surface area contributed by atoms with E-state index in [1.54, 1.807) is 6.19 Å². The predicted molar refractivity (Wildman–Crippen MR) is 116 cm³/mol. The fourth-order valence-electron chi connectivity index (χ4n) is 4.81. The summed E-state index contributed by atoms with van der Waals surface area (Å²) < 4.78 is 16.7. The number of benzene rings is 1. The van der Waals surface area contributed by atoms with E-state index in [1.165, 1.54) is 18.2 Å². The normalized spacial score (nSPS) is 24.1. The molecule has 4 rings (SSSR count). The third-order valence-corrected chi connectivity index (χ3v) is 6.09. The first-order chi connectivity index (χ1) is 16.8. The molecule has 1 aromatic carbocycles. The predicted octanol–water partition coefficient (Wildman–Crippen LogP) is 1.20. The molecule has 0 fully saturated rings. The topological polar surface area (TPSA) is 182 Å². The lowest BCUT2D eigenvalue weighted by Gasteiger charge is -2.45. The minimum Gasteiger partial charge on any atom is -0.507 e. The molecule has 2 aliphatic carbocycles. The average Bonchev–Trinajstić information content (AvgIpc) is 3.12. The largest absolute Gasteiger partial charge is 0.507 e. The number of aromatic nitrogens is 1. The number of phenolic OH excluding ortho intramolecular Hbond substituents is 1. The number of aliphatic hydroxyl groups is 1. The number of ether oxygens (including phenoxy) is 3. The molecule has 0 radical (unpaired) electrons. The zero-order chi connectivity index (χ0) is 26.7. The fourth-order valence-corrected chi connectivity index (χ4v) is 4.81. The molecule has 0 saturated carbocycles. The Labute approximate surface area is 203 Å². The van der Waals surface area contributed by atoms with Crippen LogP contribution in [-0.2, 0) is 28.6 Å². The number of carbonyl (C=O) groups excluding carboxylic acids is 5. The number of rotatable bonds is 3. The standard InChI is InChI=1S/C24H20N2O10/c1-9(27)34-21-16-15-17(20(32)14-12(19(15)31)6-5-7-13(14)30)26(8-25)18(16)22(35-10(2)28)24(4,33)23(21)36-11(3)29/h5-7,21-23,30,33H,1-4H3/t21-,22+,23+,24+/m0/s1. The molecule has 186 valence electrons.